The highest BCUT2D eigenvalue weighted by molar-refractivity contribution is 7.10. The summed E-state index contributed by atoms with van der Waals surface area (Å²) in [6.07, 6.45) is 6.67. The summed E-state index contributed by atoms with van der Waals surface area (Å²) in [6.45, 7) is 0.793. The molecule has 0 aromatic carbocycles. The Morgan fingerprint density at radius 2 is 2.00 bits per heavy atom. The van der Waals surface area contributed by atoms with Gasteiger partial charge in [0.2, 0.25) is 11.8 Å². The van der Waals surface area contributed by atoms with Gasteiger partial charge in [0.05, 0.1) is 6.54 Å². The highest BCUT2D eigenvalue weighted by Gasteiger charge is 2.36. The Balaban J connectivity index is 1.50. The molecular formula is C16H22N2O2S. The molecule has 114 valence electrons. The predicted octanol–water partition coefficient (Wildman–Crippen LogP) is 2.20. The molecule has 3 rings (SSSR count). The van der Waals surface area contributed by atoms with Gasteiger partial charge in [-0.2, -0.15) is 0 Å². The van der Waals surface area contributed by atoms with E-state index in [1.165, 1.54) is 17.7 Å². The van der Waals surface area contributed by atoms with Crippen LogP contribution in [0.5, 0.6) is 0 Å². The molecule has 0 radical (unpaired) electrons. The van der Waals surface area contributed by atoms with Crippen LogP contribution in [0.3, 0.4) is 0 Å². The van der Waals surface area contributed by atoms with Gasteiger partial charge in [-0.15, -0.1) is 11.3 Å². The molecule has 1 heterocycles. The van der Waals surface area contributed by atoms with Crippen molar-refractivity contribution in [1.82, 2.24) is 10.6 Å². The molecule has 4 nitrogen and oxygen atoms in total. The molecule has 5 heteroatoms. The average molecular weight is 306 g/mol. The number of thiophene rings is 1. The molecule has 2 aliphatic rings. The van der Waals surface area contributed by atoms with E-state index in [0.29, 0.717) is 6.54 Å². The van der Waals surface area contributed by atoms with Gasteiger partial charge in [-0.3, -0.25) is 9.59 Å². The molecule has 1 aromatic heterocycles. The topological polar surface area (TPSA) is 58.2 Å². The lowest BCUT2D eigenvalue weighted by molar-refractivity contribution is -0.126. The van der Waals surface area contributed by atoms with E-state index in [0.717, 1.165) is 25.7 Å². The first kappa shape index (κ1) is 14.6. The predicted molar refractivity (Wildman–Crippen MR) is 83.2 cm³/mol. The lowest BCUT2D eigenvalue weighted by atomic mass is 9.84. The van der Waals surface area contributed by atoms with Gasteiger partial charge in [0.15, 0.2) is 0 Å². The number of hydrogen-bond donors (Lipinski definition) is 2. The van der Waals surface area contributed by atoms with Crippen LogP contribution in [0.15, 0.2) is 17.5 Å². The first-order valence-corrected chi connectivity index (χ1v) is 8.66. The minimum absolute atomic E-state index is 0.0268. The van der Waals surface area contributed by atoms with Crippen molar-refractivity contribution in [2.75, 3.05) is 13.1 Å². The van der Waals surface area contributed by atoms with Gasteiger partial charge in [-0.25, -0.2) is 0 Å². The summed E-state index contributed by atoms with van der Waals surface area (Å²) >= 11 is 1.78. The van der Waals surface area contributed by atoms with Crippen molar-refractivity contribution in [3.05, 3.63) is 22.4 Å². The van der Waals surface area contributed by atoms with E-state index < -0.39 is 0 Å². The first-order valence-electron chi connectivity index (χ1n) is 7.78. The van der Waals surface area contributed by atoms with Crippen LogP contribution >= 0.6 is 11.3 Å². The number of hydrogen-bond acceptors (Lipinski definition) is 3. The Kier molecular flexibility index (Phi) is 4.29. The van der Waals surface area contributed by atoms with E-state index in [9.17, 15) is 9.59 Å². The van der Waals surface area contributed by atoms with Crippen molar-refractivity contribution in [3.63, 3.8) is 0 Å². The molecule has 0 spiro atoms. The molecule has 2 saturated carbocycles. The van der Waals surface area contributed by atoms with Gasteiger partial charge >= 0.3 is 0 Å². The van der Waals surface area contributed by atoms with Gasteiger partial charge in [-0.1, -0.05) is 18.9 Å². The van der Waals surface area contributed by atoms with Gasteiger partial charge in [0.1, 0.15) is 0 Å². The summed E-state index contributed by atoms with van der Waals surface area (Å²) in [5.74, 6) is 0.107. The van der Waals surface area contributed by atoms with Crippen molar-refractivity contribution in [2.45, 2.75) is 43.9 Å². The normalized spacial score (nSPS) is 20.2. The molecule has 2 aliphatic carbocycles. The van der Waals surface area contributed by atoms with Crippen LogP contribution in [0.4, 0.5) is 0 Å². The summed E-state index contributed by atoms with van der Waals surface area (Å²) in [5.41, 5.74) is 0.115. The van der Waals surface area contributed by atoms with Crippen molar-refractivity contribution >= 4 is 23.2 Å². The third-order valence-corrected chi connectivity index (χ3v) is 5.72. The van der Waals surface area contributed by atoms with E-state index in [4.69, 9.17) is 0 Å². The van der Waals surface area contributed by atoms with E-state index in [2.05, 4.69) is 28.1 Å². The first-order chi connectivity index (χ1) is 10.2. The SMILES string of the molecule is O=C(CNC(=O)C1CC1)NCC1(c2cccs2)CCCC1. The van der Waals surface area contributed by atoms with Crippen LogP contribution in [0.1, 0.15) is 43.4 Å². The smallest absolute Gasteiger partial charge is 0.239 e. The lowest BCUT2D eigenvalue weighted by Crippen LogP contribution is -2.43. The third-order valence-electron chi connectivity index (χ3n) is 4.60. The van der Waals surface area contributed by atoms with Crippen molar-refractivity contribution in [1.29, 1.82) is 0 Å². The Bertz CT molecular complexity index is 502. The molecule has 0 bridgehead atoms. The van der Waals surface area contributed by atoms with E-state index in [1.807, 2.05) is 0 Å². The van der Waals surface area contributed by atoms with Crippen molar-refractivity contribution < 1.29 is 9.59 Å². The Morgan fingerprint density at radius 3 is 2.62 bits per heavy atom. The van der Waals surface area contributed by atoms with Crippen LogP contribution in [0.25, 0.3) is 0 Å². The summed E-state index contributed by atoms with van der Waals surface area (Å²) < 4.78 is 0. The van der Waals surface area contributed by atoms with Crippen LogP contribution < -0.4 is 10.6 Å². The molecule has 1 aromatic rings. The quantitative estimate of drug-likeness (QED) is 0.846. The second-order valence-electron chi connectivity index (χ2n) is 6.23. The van der Waals surface area contributed by atoms with E-state index in [1.54, 1.807) is 11.3 Å². The number of carbonyl (C=O) groups excluding carboxylic acids is 2. The molecule has 21 heavy (non-hydrogen) atoms. The molecule has 0 atom stereocenters. The van der Waals surface area contributed by atoms with Gasteiger partial charge in [-0.05, 0) is 37.1 Å². The highest BCUT2D eigenvalue weighted by Crippen LogP contribution is 2.42. The fourth-order valence-corrected chi connectivity index (χ4v) is 4.12. The molecule has 0 aliphatic heterocycles. The van der Waals surface area contributed by atoms with Crippen LogP contribution in [-0.2, 0) is 15.0 Å². The zero-order valence-corrected chi connectivity index (χ0v) is 13.0. The zero-order valence-electron chi connectivity index (χ0n) is 12.2. The maximum atomic E-state index is 11.9. The second-order valence-corrected chi connectivity index (χ2v) is 7.18. The number of rotatable bonds is 6. The monoisotopic (exact) mass is 306 g/mol. The summed E-state index contributed by atoms with van der Waals surface area (Å²) in [4.78, 5) is 24.8. The third kappa shape index (κ3) is 3.46. The van der Waals surface area contributed by atoms with Gasteiger partial charge in [0, 0.05) is 22.8 Å². The second kappa shape index (κ2) is 6.18. The zero-order chi connectivity index (χ0) is 14.7. The molecular weight excluding hydrogens is 284 g/mol. The van der Waals surface area contributed by atoms with E-state index >= 15 is 0 Å². The Labute approximate surface area is 129 Å². The minimum Gasteiger partial charge on any atom is -0.354 e. The number of carbonyl (C=O) groups is 2. The van der Waals surface area contributed by atoms with Crippen LogP contribution in [-0.4, -0.2) is 24.9 Å². The molecule has 0 unspecified atom stereocenters. The number of nitrogens with one attached hydrogen (secondary N) is 2. The molecule has 0 saturated heterocycles. The fourth-order valence-electron chi connectivity index (χ4n) is 3.13. The minimum atomic E-state index is -0.0770. The van der Waals surface area contributed by atoms with Crippen LogP contribution in [0, 0.1) is 5.92 Å². The molecule has 2 N–H and O–H groups in total. The summed E-state index contributed by atoms with van der Waals surface area (Å²) in [6, 6.07) is 4.26. The average Bonchev–Trinajstić information content (AvgIpc) is 3.01. The Morgan fingerprint density at radius 1 is 1.24 bits per heavy atom. The fraction of sp³-hybridized carbons (Fsp3) is 0.625. The summed E-state index contributed by atoms with van der Waals surface area (Å²) in [7, 11) is 0. The van der Waals surface area contributed by atoms with Crippen molar-refractivity contribution in [2.24, 2.45) is 5.92 Å². The lowest BCUT2D eigenvalue weighted by Gasteiger charge is -2.28. The van der Waals surface area contributed by atoms with Crippen molar-refractivity contribution in [3.8, 4) is 0 Å². The summed E-state index contributed by atoms with van der Waals surface area (Å²) in [5, 5.41) is 7.84. The maximum Gasteiger partial charge on any atom is 0.239 e. The van der Waals surface area contributed by atoms with Crippen LogP contribution in [0.2, 0.25) is 0 Å². The number of amides is 2. The standard InChI is InChI=1S/C16H22N2O2S/c19-14(10-17-15(20)12-5-6-12)18-11-16(7-1-2-8-16)13-4-3-9-21-13/h3-4,9,12H,1-2,5-8,10-11H2,(H,17,20)(H,18,19). The molecule has 2 fully saturated rings. The Hall–Kier alpha value is -1.36. The van der Waals surface area contributed by atoms with Gasteiger partial charge < -0.3 is 10.6 Å². The largest absolute Gasteiger partial charge is 0.354 e. The van der Waals surface area contributed by atoms with E-state index in [-0.39, 0.29) is 29.7 Å². The molecule has 2 amide bonds. The highest BCUT2D eigenvalue weighted by atomic mass is 32.1. The van der Waals surface area contributed by atoms with Gasteiger partial charge in [0.25, 0.3) is 0 Å². The maximum absolute atomic E-state index is 11.9.